The Morgan fingerprint density at radius 2 is 1.85 bits per heavy atom. The molecular formula is C25H21N3O5. The van der Waals surface area contributed by atoms with Crippen LogP contribution < -0.4 is 14.5 Å². The van der Waals surface area contributed by atoms with Crippen LogP contribution in [0, 0.1) is 0 Å². The van der Waals surface area contributed by atoms with Gasteiger partial charge in [0.1, 0.15) is 29.9 Å². The van der Waals surface area contributed by atoms with E-state index in [-0.39, 0.29) is 22.8 Å². The first-order valence-corrected chi connectivity index (χ1v) is 10.5. The van der Waals surface area contributed by atoms with Crippen LogP contribution in [0.5, 0.6) is 11.5 Å². The van der Waals surface area contributed by atoms with E-state index in [1.807, 2.05) is 11.9 Å². The van der Waals surface area contributed by atoms with Gasteiger partial charge in [0.05, 0.1) is 29.2 Å². The van der Waals surface area contributed by atoms with Gasteiger partial charge in [-0.25, -0.2) is 0 Å². The van der Waals surface area contributed by atoms with Crippen molar-refractivity contribution in [2.24, 2.45) is 0 Å². The highest BCUT2D eigenvalue weighted by atomic mass is 16.5. The van der Waals surface area contributed by atoms with E-state index >= 15 is 0 Å². The lowest BCUT2D eigenvalue weighted by Gasteiger charge is -2.28. The Hall–Kier alpha value is -4.33. The summed E-state index contributed by atoms with van der Waals surface area (Å²) in [6, 6.07) is 15.5. The number of fused-ring (bicyclic) bond motifs is 1. The van der Waals surface area contributed by atoms with Crippen molar-refractivity contribution in [3.63, 3.8) is 0 Å². The van der Waals surface area contributed by atoms with Crippen LogP contribution in [0.15, 0.2) is 72.4 Å². The van der Waals surface area contributed by atoms with Gasteiger partial charge in [0, 0.05) is 18.8 Å². The summed E-state index contributed by atoms with van der Waals surface area (Å²) in [5.41, 5.74) is 1.60. The molecule has 1 atom stereocenters. The van der Waals surface area contributed by atoms with Gasteiger partial charge in [-0.3, -0.25) is 19.5 Å². The average molecular weight is 443 g/mol. The summed E-state index contributed by atoms with van der Waals surface area (Å²) in [5, 5.41) is 21.7. The molecule has 2 N–H and O–H groups in total. The Balaban J connectivity index is 1.71. The molecule has 5 rings (SSSR count). The van der Waals surface area contributed by atoms with Gasteiger partial charge in [-0.1, -0.05) is 18.2 Å². The molecule has 1 saturated heterocycles. The number of aliphatic hydroxyl groups is 1. The lowest BCUT2D eigenvalue weighted by molar-refractivity contribution is -0.132. The number of phenolic OH excluding ortho intramolecular Hbond substituents is 1. The monoisotopic (exact) mass is 443 g/mol. The van der Waals surface area contributed by atoms with Gasteiger partial charge < -0.3 is 19.8 Å². The zero-order valence-corrected chi connectivity index (χ0v) is 17.8. The molecule has 1 fully saturated rings. The second-order valence-electron chi connectivity index (χ2n) is 7.86. The summed E-state index contributed by atoms with van der Waals surface area (Å²) in [4.78, 5) is 33.8. The standard InChI is InChI=1S/C25H21N3O5/c1-27-12-13-33-20-10-9-15(14-18(20)27)23(30)21-22(16-6-4-5-11-26-16)28(25(32)24(21)31)17-7-2-3-8-19(17)29/h2-11,14,22,29-30H,12-13H2,1H3/b23-21-. The number of carbonyl (C=O) groups excluding carboxylic acids is 2. The number of ether oxygens (including phenoxy) is 1. The van der Waals surface area contributed by atoms with Crippen molar-refractivity contribution in [1.29, 1.82) is 0 Å². The first kappa shape index (κ1) is 20.6. The maximum absolute atomic E-state index is 13.2. The summed E-state index contributed by atoms with van der Waals surface area (Å²) in [5.74, 6) is -1.51. The minimum absolute atomic E-state index is 0.0960. The molecule has 3 heterocycles. The number of aromatic hydroxyl groups is 1. The molecule has 0 radical (unpaired) electrons. The second-order valence-corrected chi connectivity index (χ2v) is 7.86. The number of Topliss-reactive ketones (excluding diaryl/α,β-unsaturated/α-hetero) is 1. The maximum Gasteiger partial charge on any atom is 0.300 e. The van der Waals surface area contributed by atoms with Crippen LogP contribution in [0.2, 0.25) is 0 Å². The molecule has 1 amide bonds. The quantitative estimate of drug-likeness (QED) is 0.364. The zero-order valence-electron chi connectivity index (χ0n) is 17.8. The number of phenols is 1. The summed E-state index contributed by atoms with van der Waals surface area (Å²) in [6.07, 6.45) is 1.55. The fraction of sp³-hybridized carbons (Fsp3) is 0.160. The van der Waals surface area contributed by atoms with Gasteiger partial charge in [0.15, 0.2) is 0 Å². The van der Waals surface area contributed by atoms with E-state index in [1.54, 1.807) is 60.8 Å². The zero-order chi connectivity index (χ0) is 23.1. The van der Waals surface area contributed by atoms with E-state index in [2.05, 4.69) is 4.98 Å². The van der Waals surface area contributed by atoms with Crippen LogP contribution in [0.25, 0.3) is 5.76 Å². The molecule has 166 valence electrons. The van der Waals surface area contributed by atoms with Gasteiger partial charge in [-0.05, 0) is 42.5 Å². The normalized spacial score (nSPS) is 19.4. The van der Waals surface area contributed by atoms with Gasteiger partial charge in [0.25, 0.3) is 11.7 Å². The summed E-state index contributed by atoms with van der Waals surface area (Å²) >= 11 is 0. The summed E-state index contributed by atoms with van der Waals surface area (Å²) in [7, 11) is 1.91. The molecular weight excluding hydrogens is 422 g/mol. The van der Waals surface area contributed by atoms with Crippen LogP contribution in [0.4, 0.5) is 11.4 Å². The number of pyridine rings is 1. The van der Waals surface area contributed by atoms with E-state index < -0.39 is 17.7 Å². The predicted octanol–water partition coefficient (Wildman–Crippen LogP) is 3.24. The Morgan fingerprint density at radius 3 is 2.61 bits per heavy atom. The molecule has 1 aromatic heterocycles. The molecule has 2 aliphatic heterocycles. The number of anilines is 2. The largest absolute Gasteiger partial charge is 0.507 e. The molecule has 1 unspecified atom stereocenters. The lowest BCUT2D eigenvalue weighted by atomic mass is 9.97. The van der Waals surface area contributed by atoms with Crippen molar-refractivity contribution in [3.05, 3.63) is 83.7 Å². The van der Waals surface area contributed by atoms with Crippen LogP contribution in [0.3, 0.4) is 0 Å². The molecule has 0 aliphatic carbocycles. The number of carbonyl (C=O) groups is 2. The average Bonchev–Trinajstić information content (AvgIpc) is 3.10. The third-order valence-electron chi connectivity index (χ3n) is 5.88. The Morgan fingerprint density at radius 1 is 1.06 bits per heavy atom. The topological polar surface area (TPSA) is 103 Å². The molecule has 8 heteroatoms. The highest BCUT2D eigenvalue weighted by molar-refractivity contribution is 6.51. The van der Waals surface area contributed by atoms with E-state index in [4.69, 9.17) is 4.74 Å². The molecule has 0 bridgehead atoms. The number of likely N-dealkylation sites (N-methyl/N-ethyl adjacent to an activating group) is 1. The number of hydrogen-bond acceptors (Lipinski definition) is 7. The summed E-state index contributed by atoms with van der Waals surface area (Å²) < 4.78 is 5.66. The Bertz CT molecular complexity index is 1290. The van der Waals surface area contributed by atoms with Gasteiger partial charge >= 0.3 is 0 Å². The fourth-order valence-corrected chi connectivity index (χ4v) is 4.22. The van der Waals surface area contributed by atoms with Crippen LogP contribution in [-0.2, 0) is 9.59 Å². The van der Waals surface area contributed by atoms with Crippen LogP contribution in [0.1, 0.15) is 17.3 Å². The van der Waals surface area contributed by atoms with Crippen molar-refractivity contribution in [2.45, 2.75) is 6.04 Å². The van der Waals surface area contributed by atoms with Crippen molar-refractivity contribution in [1.82, 2.24) is 4.98 Å². The highest BCUT2D eigenvalue weighted by Crippen LogP contribution is 2.44. The third kappa shape index (κ3) is 3.36. The lowest BCUT2D eigenvalue weighted by Crippen LogP contribution is -2.29. The molecule has 3 aromatic rings. The van der Waals surface area contributed by atoms with Gasteiger partial charge in [-0.2, -0.15) is 0 Å². The van der Waals surface area contributed by atoms with Crippen molar-refractivity contribution in [2.75, 3.05) is 30.0 Å². The molecule has 0 spiro atoms. The van der Waals surface area contributed by atoms with Gasteiger partial charge in [-0.15, -0.1) is 0 Å². The predicted molar refractivity (Wildman–Crippen MR) is 122 cm³/mol. The number of aromatic nitrogens is 1. The molecule has 2 aliphatic rings. The fourth-order valence-electron chi connectivity index (χ4n) is 4.22. The number of hydrogen-bond donors (Lipinski definition) is 2. The van der Waals surface area contributed by atoms with Crippen molar-refractivity contribution >= 4 is 28.8 Å². The van der Waals surface area contributed by atoms with Gasteiger partial charge in [0.2, 0.25) is 0 Å². The molecule has 33 heavy (non-hydrogen) atoms. The SMILES string of the molecule is CN1CCOc2ccc(/C(O)=C3/C(=O)C(=O)N(c4ccccc4O)C3c3ccccn3)cc21. The third-order valence-corrected chi connectivity index (χ3v) is 5.88. The Labute approximate surface area is 190 Å². The Kier molecular flexibility index (Phi) is 4.97. The number of amides is 1. The van der Waals surface area contributed by atoms with Crippen molar-refractivity contribution < 1.29 is 24.5 Å². The summed E-state index contributed by atoms with van der Waals surface area (Å²) in [6.45, 7) is 1.24. The number of benzene rings is 2. The van der Waals surface area contributed by atoms with E-state index in [1.165, 1.54) is 11.0 Å². The number of nitrogens with zero attached hydrogens (tertiary/aromatic N) is 3. The number of ketones is 1. The number of aliphatic hydroxyl groups excluding tert-OH is 1. The van der Waals surface area contributed by atoms with Crippen molar-refractivity contribution in [3.8, 4) is 11.5 Å². The number of rotatable bonds is 3. The van der Waals surface area contributed by atoms with E-state index in [0.717, 1.165) is 5.69 Å². The first-order chi connectivity index (χ1) is 16.0. The first-order valence-electron chi connectivity index (χ1n) is 10.5. The second kappa shape index (κ2) is 7.98. The number of para-hydroxylation sites is 2. The van der Waals surface area contributed by atoms with Crippen LogP contribution in [-0.4, -0.2) is 47.1 Å². The highest BCUT2D eigenvalue weighted by Gasteiger charge is 2.48. The minimum atomic E-state index is -1.01. The molecule has 2 aromatic carbocycles. The molecule has 0 saturated carbocycles. The minimum Gasteiger partial charge on any atom is -0.507 e. The molecule has 8 nitrogen and oxygen atoms in total. The van der Waals surface area contributed by atoms with Crippen LogP contribution >= 0.6 is 0 Å². The van der Waals surface area contributed by atoms with E-state index in [0.29, 0.717) is 30.2 Å². The van der Waals surface area contributed by atoms with E-state index in [9.17, 15) is 19.8 Å². The smallest absolute Gasteiger partial charge is 0.300 e. The maximum atomic E-state index is 13.2.